The van der Waals surface area contributed by atoms with E-state index in [9.17, 15) is 9.18 Å². The zero-order valence-corrected chi connectivity index (χ0v) is 9.71. The van der Waals surface area contributed by atoms with Gasteiger partial charge >= 0.3 is 5.97 Å². The maximum atomic E-state index is 12.9. The van der Waals surface area contributed by atoms with Gasteiger partial charge in [0.15, 0.2) is 0 Å². The van der Waals surface area contributed by atoms with Gasteiger partial charge in [-0.25, -0.2) is 4.39 Å². The lowest BCUT2D eigenvalue weighted by Crippen LogP contribution is -2.35. The van der Waals surface area contributed by atoms with Crippen molar-refractivity contribution in [2.75, 3.05) is 0 Å². The second-order valence-electron chi connectivity index (χ2n) is 3.62. The number of hydrogen-bond donors (Lipinski definition) is 2. The van der Waals surface area contributed by atoms with Crippen molar-refractivity contribution in [3.63, 3.8) is 0 Å². The molecule has 0 saturated carbocycles. The quantitative estimate of drug-likeness (QED) is 0.889. The van der Waals surface area contributed by atoms with Crippen LogP contribution in [0.5, 0.6) is 0 Å². The highest BCUT2D eigenvalue weighted by Gasteiger charge is 2.25. The molecule has 5 heteroatoms. The number of aliphatic carboxylic acids is 1. The number of nitrogens with two attached hydrogens (primary N) is 1. The van der Waals surface area contributed by atoms with Crippen molar-refractivity contribution in [3.8, 4) is 0 Å². The second-order valence-corrected chi connectivity index (χ2v) is 4.47. The number of halogens is 2. The Kier molecular flexibility index (Phi) is 3.46. The summed E-state index contributed by atoms with van der Waals surface area (Å²) in [7, 11) is 0. The summed E-state index contributed by atoms with van der Waals surface area (Å²) in [4.78, 5) is 10.6. The van der Waals surface area contributed by atoms with Crippen LogP contribution in [0.4, 0.5) is 4.39 Å². The molecule has 15 heavy (non-hydrogen) atoms. The van der Waals surface area contributed by atoms with Crippen LogP contribution >= 0.6 is 15.9 Å². The van der Waals surface area contributed by atoms with Gasteiger partial charge in [-0.3, -0.25) is 4.79 Å². The van der Waals surface area contributed by atoms with Gasteiger partial charge in [0.25, 0.3) is 0 Å². The minimum Gasteiger partial charge on any atom is -0.481 e. The molecule has 1 unspecified atom stereocenters. The largest absolute Gasteiger partial charge is 0.481 e. The Balaban J connectivity index is 3.04. The first-order chi connectivity index (χ1) is 6.83. The number of hydrogen-bond acceptors (Lipinski definition) is 2. The van der Waals surface area contributed by atoms with E-state index in [2.05, 4.69) is 15.9 Å². The lowest BCUT2D eigenvalue weighted by atomic mass is 9.90. The molecule has 3 nitrogen and oxygen atoms in total. The van der Waals surface area contributed by atoms with Crippen LogP contribution in [-0.2, 0) is 10.3 Å². The monoisotopic (exact) mass is 275 g/mol. The third-order valence-corrected chi connectivity index (χ3v) is 2.71. The van der Waals surface area contributed by atoms with Crippen molar-refractivity contribution < 1.29 is 14.3 Å². The van der Waals surface area contributed by atoms with E-state index in [4.69, 9.17) is 10.8 Å². The molecule has 0 bridgehead atoms. The molecule has 0 amide bonds. The molecule has 0 aromatic heterocycles. The van der Waals surface area contributed by atoms with Gasteiger partial charge in [0.05, 0.1) is 10.9 Å². The standard InChI is InChI=1S/C10H11BrFNO2/c1-10(13,5-9(14)15)6-2-3-8(12)7(11)4-6/h2-4H,5,13H2,1H3,(H,14,15). The van der Waals surface area contributed by atoms with Crippen LogP contribution < -0.4 is 5.73 Å². The Bertz CT molecular complexity index is 393. The van der Waals surface area contributed by atoms with Gasteiger partial charge in [-0.1, -0.05) is 6.07 Å². The number of carboxylic acid groups (broad SMARTS) is 1. The SMILES string of the molecule is CC(N)(CC(=O)O)c1ccc(F)c(Br)c1. The highest BCUT2D eigenvalue weighted by atomic mass is 79.9. The van der Waals surface area contributed by atoms with E-state index >= 15 is 0 Å². The van der Waals surface area contributed by atoms with E-state index in [-0.39, 0.29) is 10.9 Å². The third kappa shape index (κ3) is 3.00. The minimum absolute atomic E-state index is 0.203. The molecule has 82 valence electrons. The molecule has 0 aliphatic heterocycles. The number of benzene rings is 1. The summed E-state index contributed by atoms with van der Waals surface area (Å²) in [6.45, 7) is 1.60. The first-order valence-electron chi connectivity index (χ1n) is 4.29. The smallest absolute Gasteiger partial charge is 0.305 e. The predicted molar refractivity (Wildman–Crippen MR) is 57.9 cm³/mol. The maximum absolute atomic E-state index is 12.9. The molecule has 0 aliphatic rings. The topological polar surface area (TPSA) is 63.3 Å². The summed E-state index contributed by atoms with van der Waals surface area (Å²) in [5.41, 5.74) is 5.42. The zero-order chi connectivity index (χ0) is 11.6. The van der Waals surface area contributed by atoms with E-state index in [1.54, 1.807) is 6.92 Å². The molecular formula is C10H11BrFNO2. The van der Waals surface area contributed by atoms with Crippen molar-refractivity contribution >= 4 is 21.9 Å². The predicted octanol–water partition coefficient (Wildman–Crippen LogP) is 2.24. The van der Waals surface area contributed by atoms with Crippen molar-refractivity contribution in [1.29, 1.82) is 0 Å². The van der Waals surface area contributed by atoms with Crippen LogP contribution in [0.1, 0.15) is 18.9 Å². The Labute approximate surface area is 95.2 Å². The Morgan fingerprint density at radius 1 is 1.67 bits per heavy atom. The Morgan fingerprint density at radius 3 is 2.73 bits per heavy atom. The van der Waals surface area contributed by atoms with Crippen LogP contribution in [0.3, 0.4) is 0 Å². The fourth-order valence-electron chi connectivity index (χ4n) is 1.27. The zero-order valence-electron chi connectivity index (χ0n) is 8.13. The highest BCUT2D eigenvalue weighted by Crippen LogP contribution is 2.26. The summed E-state index contributed by atoms with van der Waals surface area (Å²) < 4.78 is 13.2. The minimum atomic E-state index is -0.998. The number of carbonyl (C=O) groups is 1. The molecule has 0 aliphatic carbocycles. The van der Waals surface area contributed by atoms with Gasteiger partial charge in [-0.2, -0.15) is 0 Å². The lowest BCUT2D eigenvalue weighted by molar-refractivity contribution is -0.138. The molecule has 1 aromatic carbocycles. The molecule has 3 N–H and O–H groups in total. The third-order valence-electron chi connectivity index (χ3n) is 2.10. The van der Waals surface area contributed by atoms with Crippen molar-refractivity contribution in [2.24, 2.45) is 5.73 Å². The summed E-state index contributed by atoms with van der Waals surface area (Å²) in [6, 6.07) is 4.24. The van der Waals surface area contributed by atoms with Crippen LogP contribution in [0.25, 0.3) is 0 Å². The van der Waals surface area contributed by atoms with Gasteiger partial charge in [0, 0.05) is 5.54 Å². The fourth-order valence-corrected chi connectivity index (χ4v) is 1.65. The maximum Gasteiger partial charge on any atom is 0.305 e. The summed E-state index contributed by atoms with van der Waals surface area (Å²) >= 11 is 3.03. The van der Waals surface area contributed by atoms with Crippen molar-refractivity contribution in [1.82, 2.24) is 0 Å². The first kappa shape index (κ1) is 12.1. The van der Waals surface area contributed by atoms with Crippen LogP contribution in [0, 0.1) is 5.82 Å². The summed E-state index contributed by atoms with van der Waals surface area (Å²) in [5, 5.41) is 8.67. The van der Waals surface area contributed by atoms with Crippen LogP contribution in [0.2, 0.25) is 0 Å². The van der Waals surface area contributed by atoms with E-state index < -0.39 is 17.3 Å². The van der Waals surface area contributed by atoms with E-state index in [0.717, 1.165) is 0 Å². The highest BCUT2D eigenvalue weighted by molar-refractivity contribution is 9.10. The summed E-state index contributed by atoms with van der Waals surface area (Å²) in [5.74, 6) is -1.38. The molecular weight excluding hydrogens is 265 g/mol. The van der Waals surface area contributed by atoms with E-state index in [1.165, 1.54) is 18.2 Å². The molecule has 1 atom stereocenters. The molecule has 0 heterocycles. The normalized spacial score (nSPS) is 14.7. The molecule has 1 aromatic rings. The van der Waals surface area contributed by atoms with Gasteiger partial charge in [-0.05, 0) is 40.5 Å². The van der Waals surface area contributed by atoms with E-state index in [1.807, 2.05) is 0 Å². The van der Waals surface area contributed by atoms with Gasteiger partial charge < -0.3 is 10.8 Å². The van der Waals surface area contributed by atoms with Crippen LogP contribution in [0.15, 0.2) is 22.7 Å². The average Bonchev–Trinajstić information content (AvgIpc) is 2.07. The Hall–Kier alpha value is -0.940. The summed E-state index contributed by atoms with van der Waals surface area (Å²) in [6.07, 6.45) is -0.203. The second kappa shape index (κ2) is 4.28. The average molecular weight is 276 g/mol. The lowest BCUT2D eigenvalue weighted by Gasteiger charge is -2.23. The molecule has 0 fully saturated rings. The fraction of sp³-hybridized carbons (Fsp3) is 0.300. The van der Waals surface area contributed by atoms with Gasteiger partial charge in [0.2, 0.25) is 0 Å². The molecule has 1 rings (SSSR count). The molecule has 0 spiro atoms. The van der Waals surface area contributed by atoms with Crippen molar-refractivity contribution in [2.45, 2.75) is 18.9 Å². The first-order valence-corrected chi connectivity index (χ1v) is 5.08. The number of carboxylic acids is 1. The van der Waals surface area contributed by atoms with Gasteiger partial charge in [-0.15, -0.1) is 0 Å². The Morgan fingerprint density at radius 2 is 2.27 bits per heavy atom. The number of rotatable bonds is 3. The van der Waals surface area contributed by atoms with Gasteiger partial charge in [0.1, 0.15) is 5.82 Å². The van der Waals surface area contributed by atoms with E-state index in [0.29, 0.717) is 5.56 Å². The molecule has 0 radical (unpaired) electrons. The molecule has 0 saturated heterocycles. The van der Waals surface area contributed by atoms with Crippen LogP contribution in [-0.4, -0.2) is 11.1 Å². The van der Waals surface area contributed by atoms with Crippen molar-refractivity contribution in [3.05, 3.63) is 34.1 Å².